The van der Waals surface area contributed by atoms with Crippen molar-refractivity contribution in [2.75, 3.05) is 0 Å². The Hall–Kier alpha value is -0.830. The summed E-state index contributed by atoms with van der Waals surface area (Å²) in [5.74, 6) is 0.0224. The topological polar surface area (TPSA) is 49.6 Å². The molecule has 0 fully saturated rings. The van der Waals surface area contributed by atoms with Crippen LogP contribution in [-0.4, -0.2) is 9.97 Å². The Bertz CT molecular complexity index is 167. The molecule has 1 N–H and O–H groups in total. The molecule has 0 atom stereocenters. The summed E-state index contributed by atoms with van der Waals surface area (Å²) >= 11 is 5.35. The van der Waals surface area contributed by atoms with Crippen LogP contribution in [0, 0.1) is 0 Å². The van der Waals surface area contributed by atoms with E-state index in [0.29, 0.717) is 0 Å². The van der Waals surface area contributed by atoms with Crippen molar-refractivity contribution in [3.05, 3.63) is 17.5 Å². The van der Waals surface area contributed by atoms with Gasteiger partial charge in [-0.25, -0.2) is 9.97 Å². The van der Waals surface area contributed by atoms with E-state index in [-0.39, 0.29) is 11.0 Å². The smallest absolute Gasteiger partial charge is 0.182 e. The molecular formula is C4H3ClN3. The van der Waals surface area contributed by atoms with Gasteiger partial charge < -0.3 is 0 Å². The Morgan fingerprint density at radius 3 is 2.38 bits per heavy atom. The van der Waals surface area contributed by atoms with Crippen molar-refractivity contribution < 1.29 is 0 Å². The molecule has 41 valence electrons. The van der Waals surface area contributed by atoms with Crippen LogP contribution >= 0.6 is 11.6 Å². The fourth-order valence-electron chi connectivity index (χ4n) is 0.321. The minimum atomic E-state index is 0.0224. The molecule has 0 saturated heterocycles. The molecule has 1 aromatic heterocycles. The molecule has 0 aliphatic heterocycles. The first-order valence-corrected chi connectivity index (χ1v) is 2.36. The van der Waals surface area contributed by atoms with E-state index in [4.69, 9.17) is 17.3 Å². The van der Waals surface area contributed by atoms with Gasteiger partial charge in [0.2, 0.25) is 0 Å². The average molecular weight is 129 g/mol. The molecule has 0 spiro atoms. The number of rotatable bonds is 0. The van der Waals surface area contributed by atoms with Crippen molar-refractivity contribution in [3.63, 3.8) is 0 Å². The highest BCUT2D eigenvalue weighted by Crippen LogP contribution is 2.09. The Balaban J connectivity index is 3.13. The molecule has 0 saturated carbocycles. The third kappa shape index (κ3) is 0.869. The van der Waals surface area contributed by atoms with Crippen molar-refractivity contribution in [1.82, 2.24) is 15.7 Å². The Morgan fingerprint density at radius 2 is 2.00 bits per heavy atom. The summed E-state index contributed by atoms with van der Waals surface area (Å²) in [5, 5.41) is 0.146. The van der Waals surface area contributed by atoms with E-state index in [1.807, 2.05) is 0 Å². The first-order valence-electron chi connectivity index (χ1n) is 1.99. The molecule has 0 unspecified atom stereocenters. The van der Waals surface area contributed by atoms with Gasteiger partial charge in [-0.1, -0.05) is 11.6 Å². The van der Waals surface area contributed by atoms with Gasteiger partial charge in [-0.15, -0.1) is 0 Å². The molecule has 1 heterocycles. The predicted molar refractivity (Wildman–Crippen MR) is 29.8 cm³/mol. The number of hydrogen-bond acceptors (Lipinski definition) is 2. The SMILES string of the molecule is [NH]c1nccnc1Cl. The molecule has 1 radical (unpaired) electrons. The lowest BCUT2D eigenvalue weighted by molar-refractivity contribution is 1.16. The summed E-state index contributed by atoms with van der Waals surface area (Å²) in [7, 11) is 0. The van der Waals surface area contributed by atoms with Crippen LogP contribution in [-0.2, 0) is 0 Å². The molecule has 0 aromatic carbocycles. The zero-order chi connectivity index (χ0) is 5.98. The summed E-state index contributed by atoms with van der Waals surface area (Å²) in [5.41, 5.74) is 6.91. The number of nitrogens with zero attached hydrogens (tertiary/aromatic N) is 2. The van der Waals surface area contributed by atoms with Gasteiger partial charge in [0.1, 0.15) is 0 Å². The highest BCUT2D eigenvalue weighted by Gasteiger charge is 1.92. The lowest BCUT2D eigenvalue weighted by Crippen LogP contribution is -1.80. The summed E-state index contributed by atoms with van der Waals surface area (Å²) in [6.07, 6.45) is 2.87. The Morgan fingerprint density at radius 1 is 1.38 bits per heavy atom. The molecule has 4 heteroatoms. The number of nitrogens with one attached hydrogen (secondary N) is 1. The summed E-state index contributed by atoms with van der Waals surface area (Å²) in [4.78, 5) is 7.15. The summed E-state index contributed by atoms with van der Waals surface area (Å²) in [6, 6.07) is 0. The van der Waals surface area contributed by atoms with E-state index in [1.165, 1.54) is 12.4 Å². The first kappa shape index (κ1) is 5.31. The zero-order valence-electron chi connectivity index (χ0n) is 3.93. The number of hydrogen-bond donors (Lipinski definition) is 0. The standard InChI is InChI=1S/C4H3ClN3/c5-3-4(6)8-2-1-7-3/h1-2,6H. The monoisotopic (exact) mass is 128 g/mol. The zero-order valence-corrected chi connectivity index (χ0v) is 4.68. The van der Waals surface area contributed by atoms with Crippen molar-refractivity contribution in [2.24, 2.45) is 0 Å². The number of halogens is 1. The molecule has 3 nitrogen and oxygen atoms in total. The lowest BCUT2D eigenvalue weighted by Gasteiger charge is -1.87. The Labute approximate surface area is 51.5 Å². The van der Waals surface area contributed by atoms with Crippen LogP contribution in [0.3, 0.4) is 0 Å². The van der Waals surface area contributed by atoms with Gasteiger partial charge in [0.25, 0.3) is 0 Å². The van der Waals surface area contributed by atoms with Crippen molar-refractivity contribution in [1.29, 1.82) is 0 Å². The maximum atomic E-state index is 6.91. The van der Waals surface area contributed by atoms with Gasteiger partial charge in [0.05, 0.1) is 0 Å². The molecule has 1 rings (SSSR count). The van der Waals surface area contributed by atoms with Gasteiger partial charge in [0.15, 0.2) is 11.0 Å². The van der Waals surface area contributed by atoms with Crippen LogP contribution in [0.25, 0.3) is 0 Å². The van der Waals surface area contributed by atoms with Crippen LogP contribution in [0.2, 0.25) is 5.15 Å². The van der Waals surface area contributed by atoms with Crippen LogP contribution in [0.15, 0.2) is 12.4 Å². The van der Waals surface area contributed by atoms with Crippen LogP contribution in [0.5, 0.6) is 0 Å². The van der Waals surface area contributed by atoms with Crippen molar-refractivity contribution in [3.8, 4) is 0 Å². The van der Waals surface area contributed by atoms with E-state index in [2.05, 4.69) is 9.97 Å². The van der Waals surface area contributed by atoms with Crippen molar-refractivity contribution in [2.45, 2.75) is 0 Å². The van der Waals surface area contributed by atoms with Crippen molar-refractivity contribution >= 4 is 17.4 Å². The van der Waals surface area contributed by atoms with Crippen LogP contribution in [0.1, 0.15) is 0 Å². The van der Waals surface area contributed by atoms with Gasteiger partial charge in [0, 0.05) is 12.4 Å². The predicted octanol–water partition coefficient (Wildman–Crippen LogP) is 1.04. The third-order valence-electron chi connectivity index (χ3n) is 0.654. The van der Waals surface area contributed by atoms with Gasteiger partial charge in [-0.05, 0) is 0 Å². The van der Waals surface area contributed by atoms with E-state index in [0.717, 1.165) is 0 Å². The van der Waals surface area contributed by atoms with E-state index in [9.17, 15) is 0 Å². The molecule has 0 aliphatic rings. The first-order chi connectivity index (χ1) is 3.80. The minimum absolute atomic E-state index is 0.0224. The molecule has 0 amide bonds. The highest BCUT2D eigenvalue weighted by molar-refractivity contribution is 6.31. The van der Waals surface area contributed by atoms with E-state index >= 15 is 0 Å². The normalized spacial score (nSPS) is 9.12. The largest absolute Gasteiger partial charge is 0.280 e. The van der Waals surface area contributed by atoms with Gasteiger partial charge in [-0.3, -0.25) is 5.73 Å². The molecule has 8 heavy (non-hydrogen) atoms. The summed E-state index contributed by atoms with van der Waals surface area (Å²) in [6.45, 7) is 0. The fourth-order valence-corrected chi connectivity index (χ4v) is 0.426. The number of aromatic nitrogens is 2. The molecule has 0 bridgehead atoms. The highest BCUT2D eigenvalue weighted by atomic mass is 35.5. The second kappa shape index (κ2) is 1.96. The van der Waals surface area contributed by atoms with E-state index in [1.54, 1.807) is 0 Å². The minimum Gasteiger partial charge on any atom is -0.280 e. The fraction of sp³-hybridized carbons (Fsp3) is 0. The molecule has 0 aliphatic carbocycles. The van der Waals surface area contributed by atoms with Gasteiger partial charge >= 0.3 is 0 Å². The lowest BCUT2D eigenvalue weighted by atomic mass is 10.7. The maximum Gasteiger partial charge on any atom is 0.182 e. The average Bonchev–Trinajstić information content (AvgIpc) is 1.77. The maximum absolute atomic E-state index is 6.91. The molecule has 1 aromatic rings. The van der Waals surface area contributed by atoms with E-state index < -0.39 is 0 Å². The second-order valence-corrected chi connectivity index (χ2v) is 1.55. The Kier molecular flexibility index (Phi) is 1.30. The van der Waals surface area contributed by atoms with Gasteiger partial charge in [-0.2, -0.15) is 0 Å². The van der Waals surface area contributed by atoms with Crippen LogP contribution < -0.4 is 5.73 Å². The quantitative estimate of drug-likeness (QED) is 0.524. The molecular weight excluding hydrogens is 126 g/mol. The summed E-state index contributed by atoms with van der Waals surface area (Å²) < 4.78 is 0. The van der Waals surface area contributed by atoms with Crippen LogP contribution in [0.4, 0.5) is 5.82 Å². The second-order valence-electron chi connectivity index (χ2n) is 1.20. The third-order valence-corrected chi connectivity index (χ3v) is 0.930.